The molecule has 0 nitrogen and oxygen atoms in total. The Morgan fingerprint density at radius 3 is 2.50 bits per heavy atom. The summed E-state index contributed by atoms with van der Waals surface area (Å²) in [5.41, 5.74) is 3.60. The fourth-order valence-electron chi connectivity index (χ4n) is 1.74. The molecule has 1 atom stereocenters. The van der Waals surface area contributed by atoms with Gasteiger partial charge in [0.15, 0.2) is 0 Å². The fourth-order valence-corrected chi connectivity index (χ4v) is 3.47. The first-order valence-electron chi connectivity index (χ1n) is 5.03. The minimum absolute atomic E-state index is 0.145. The van der Waals surface area contributed by atoms with Gasteiger partial charge in [0.2, 0.25) is 0 Å². The SMILES string of the molecule is Cc1ccc(C(Cl)c2sccc2Cl)c(C)c1. The summed E-state index contributed by atoms with van der Waals surface area (Å²) >= 11 is 14.2. The standard InChI is InChI=1S/C13H12Cl2S/c1-8-3-4-10(9(2)7-8)12(15)13-11(14)5-6-16-13/h3-7,12H,1-2H3. The maximum atomic E-state index is 6.46. The summed E-state index contributed by atoms with van der Waals surface area (Å²) in [6.07, 6.45) is 0. The monoisotopic (exact) mass is 270 g/mol. The van der Waals surface area contributed by atoms with Crippen molar-refractivity contribution in [1.29, 1.82) is 0 Å². The summed E-state index contributed by atoms with van der Waals surface area (Å²) in [7, 11) is 0. The molecule has 0 aliphatic rings. The van der Waals surface area contributed by atoms with Gasteiger partial charge < -0.3 is 0 Å². The number of halogens is 2. The lowest BCUT2D eigenvalue weighted by molar-refractivity contribution is 1.14. The molecule has 2 rings (SSSR count). The Labute approximate surface area is 110 Å². The van der Waals surface area contributed by atoms with Gasteiger partial charge in [0.1, 0.15) is 0 Å². The van der Waals surface area contributed by atoms with Gasteiger partial charge in [0.25, 0.3) is 0 Å². The first-order chi connectivity index (χ1) is 7.59. The molecule has 84 valence electrons. The molecular formula is C13H12Cl2S. The van der Waals surface area contributed by atoms with Crippen LogP contribution in [0.5, 0.6) is 0 Å². The second-order valence-electron chi connectivity index (χ2n) is 3.86. The lowest BCUT2D eigenvalue weighted by atomic mass is 10.0. The molecule has 16 heavy (non-hydrogen) atoms. The van der Waals surface area contributed by atoms with Gasteiger partial charge in [-0.15, -0.1) is 22.9 Å². The largest absolute Gasteiger partial charge is 0.145 e. The quantitative estimate of drug-likeness (QED) is 0.646. The Balaban J connectivity index is 2.41. The van der Waals surface area contributed by atoms with Gasteiger partial charge in [0, 0.05) is 4.88 Å². The van der Waals surface area contributed by atoms with E-state index in [2.05, 4.69) is 32.0 Å². The van der Waals surface area contributed by atoms with Crippen LogP contribution in [0.1, 0.15) is 26.9 Å². The molecular weight excluding hydrogens is 259 g/mol. The molecule has 0 aliphatic heterocycles. The van der Waals surface area contributed by atoms with Gasteiger partial charge in [-0.3, -0.25) is 0 Å². The number of thiophene rings is 1. The van der Waals surface area contributed by atoms with Gasteiger partial charge >= 0.3 is 0 Å². The third kappa shape index (κ3) is 2.27. The van der Waals surface area contributed by atoms with Crippen molar-refractivity contribution in [2.45, 2.75) is 19.2 Å². The van der Waals surface area contributed by atoms with E-state index in [0.717, 1.165) is 15.5 Å². The lowest BCUT2D eigenvalue weighted by Crippen LogP contribution is -1.95. The Bertz CT molecular complexity index is 502. The van der Waals surface area contributed by atoms with Crippen molar-refractivity contribution in [1.82, 2.24) is 0 Å². The van der Waals surface area contributed by atoms with E-state index >= 15 is 0 Å². The molecule has 0 radical (unpaired) electrons. The molecule has 0 saturated carbocycles. The zero-order valence-electron chi connectivity index (χ0n) is 9.13. The number of benzene rings is 1. The summed E-state index contributed by atoms with van der Waals surface area (Å²) in [5, 5.41) is 2.58. The average Bonchev–Trinajstić information content (AvgIpc) is 2.63. The van der Waals surface area contributed by atoms with Crippen LogP contribution < -0.4 is 0 Å². The highest BCUT2D eigenvalue weighted by molar-refractivity contribution is 7.11. The molecule has 0 saturated heterocycles. The zero-order valence-corrected chi connectivity index (χ0v) is 11.5. The summed E-state index contributed by atoms with van der Waals surface area (Å²) < 4.78 is 0. The second kappa shape index (κ2) is 4.79. The number of hydrogen-bond acceptors (Lipinski definition) is 1. The maximum Gasteiger partial charge on any atom is 0.0945 e. The Kier molecular flexibility index (Phi) is 3.58. The van der Waals surface area contributed by atoms with Crippen LogP contribution >= 0.6 is 34.5 Å². The molecule has 1 unspecified atom stereocenters. The van der Waals surface area contributed by atoms with E-state index in [0.29, 0.717) is 0 Å². The number of hydrogen-bond donors (Lipinski definition) is 0. The highest BCUT2D eigenvalue weighted by atomic mass is 35.5. The summed E-state index contributed by atoms with van der Waals surface area (Å²) in [6.45, 7) is 4.16. The highest BCUT2D eigenvalue weighted by Crippen LogP contribution is 2.38. The molecule has 0 amide bonds. The molecule has 1 aromatic heterocycles. The van der Waals surface area contributed by atoms with Gasteiger partial charge in [0.05, 0.1) is 10.4 Å². The smallest absolute Gasteiger partial charge is 0.0945 e. The third-order valence-corrected chi connectivity index (χ3v) is 4.58. The van der Waals surface area contributed by atoms with Crippen molar-refractivity contribution < 1.29 is 0 Å². The maximum absolute atomic E-state index is 6.46. The topological polar surface area (TPSA) is 0 Å². The van der Waals surface area contributed by atoms with Crippen LogP contribution in [0, 0.1) is 13.8 Å². The van der Waals surface area contributed by atoms with Crippen molar-refractivity contribution in [2.75, 3.05) is 0 Å². The molecule has 2 aromatic rings. The number of alkyl halides is 1. The van der Waals surface area contributed by atoms with Gasteiger partial charge in [-0.05, 0) is 36.4 Å². The predicted molar refractivity (Wildman–Crippen MR) is 72.9 cm³/mol. The highest BCUT2D eigenvalue weighted by Gasteiger charge is 2.17. The molecule has 3 heteroatoms. The zero-order chi connectivity index (χ0) is 11.7. The van der Waals surface area contributed by atoms with Crippen LogP contribution in [0.4, 0.5) is 0 Å². The van der Waals surface area contributed by atoms with Crippen molar-refractivity contribution in [3.63, 3.8) is 0 Å². The van der Waals surface area contributed by atoms with Gasteiger partial charge in [-0.1, -0.05) is 35.4 Å². The average molecular weight is 271 g/mol. The van der Waals surface area contributed by atoms with Gasteiger partial charge in [-0.25, -0.2) is 0 Å². The predicted octanol–water partition coefficient (Wildman–Crippen LogP) is 5.35. The Morgan fingerprint density at radius 2 is 1.94 bits per heavy atom. The second-order valence-corrected chi connectivity index (χ2v) is 5.65. The molecule has 0 aliphatic carbocycles. The lowest BCUT2D eigenvalue weighted by Gasteiger charge is -2.12. The van der Waals surface area contributed by atoms with Crippen molar-refractivity contribution in [3.05, 3.63) is 56.2 Å². The Morgan fingerprint density at radius 1 is 1.19 bits per heavy atom. The molecule has 1 aromatic carbocycles. The third-order valence-electron chi connectivity index (χ3n) is 2.57. The molecule has 0 spiro atoms. The molecule has 0 fully saturated rings. The normalized spacial score (nSPS) is 12.8. The summed E-state index contributed by atoms with van der Waals surface area (Å²) in [6, 6.07) is 8.20. The summed E-state index contributed by atoms with van der Waals surface area (Å²) in [5.74, 6) is 0. The number of rotatable bonds is 2. The summed E-state index contributed by atoms with van der Waals surface area (Å²) in [4.78, 5) is 1.02. The van der Waals surface area contributed by atoms with Crippen LogP contribution in [0.25, 0.3) is 0 Å². The van der Waals surface area contributed by atoms with Crippen LogP contribution in [0.15, 0.2) is 29.6 Å². The van der Waals surface area contributed by atoms with E-state index in [9.17, 15) is 0 Å². The van der Waals surface area contributed by atoms with Crippen molar-refractivity contribution in [3.8, 4) is 0 Å². The van der Waals surface area contributed by atoms with Gasteiger partial charge in [-0.2, -0.15) is 0 Å². The van der Waals surface area contributed by atoms with E-state index in [1.54, 1.807) is 11.3 Å². The van der Waals surface area contributed by atoms with Crippen molar-refractivity contribution in [2.24, 2.45) is 0 Å². The van der Waals surface area contributed by atoms with Crippen LogP contribution in [-0.2, 0) is 0 Å². The molecule has 0 N–H and O–H groups in total. The first-order valence-corrected chi connectivity index (χ1v) is 6.73. The van der Waals surface area contributed by atoms with E-state index < -0.39 is 0 Å². The molecule has 0 bridgehead atoms. The number of aryl methyl sites for hydroxylation is 2. The fraction of sp³-hybridized carbons (Fsp3) is 0.231. The van der Waals surface area contributed by atoms with E-state index in [1.165, 1.54) is 11.1 Å². The van der Waals surface area contributed by atoms with Crippen molar-refractivity contribution >= 4 is 34.5 Å². The van der Waals surface area contributed by atoms with Crippen LogP contribution in [0.3, 0.4) is 0 Å². The first kappa shape index (κ1) is 12.0. The van der Waals surface area contributed by atoms with E-state index in [1.807, 2.05) is 11.4 Å². The minimum Gasteiger partial charge on any atom is -0.145 e. The van der Waals surface area contributed by atoms with Crippen LogP contribution in [-0.4, -0.2) is 0 Å². The minimum atomic E-state index is -0.145. The molecule has 1 heterocycles. The van der Waals surface area contributed by atoms with Crippen LogP contribution in [0.2, 0.25) is 5.02 Å². The van der Waals surface area contributed by atoms with E-state index in [-0.39, 0.29) is 5.38 Å². The van der Waals surface area contributed by atoms with E-state index in [4.69, 9.17) is 23.2 Å². The Hall–Kier alpha value is -0.500.